The molecule has 7 heteroatoms. The van der Waals surface area contributed by atoms with Crippen LogP contribution in [0.15, 0.2) is 12.7 Å². The van der Waals surface area contributed by atoms with E-state index in [1.165, 1.54) is 6.08 Å². The van der Waals surface area contributed by atoms with Crippen molar-refractivity contribution < 1.29 is 9.53 Å². The predicted molar refractivity (Wildman–Crippen MR) is 56.4 cm³/mol. The van der Waals surface area contributed by atoms with Gasteiger partial charge in [0.1, 0.15) is 13.0 Å². The normalized spacial score (nSPS) is 8.86. The molecule has 0 fully saturated rings. The van der Waals surface area contributed by atoms with Crippen LogP contribution in [-0.4, -0.2) is 21.9 Å². The highest BCUT2D eigenvalue weighted by Gasteiger charge is 2.08. The molecule has 14 heavy (non-hydrogen) atoms. The number of aromatic nitrogens is 2. The Hall–Kier alpha value is -1.14. The number of carbonyl (C=O) groups is 1. The Balaban J connectivity index is 0.00000169. The molecule has 0 bridgehead atoms. The Morgan fingerprint density at radius 1 is 1.71 bits per heavy atom. The van der Waals surface area contributed by atoms with Gasteiger partial charge < -0.3 is 10.5 Å². The molecule has 1 aromatic rings. The van der Waals surface area contributed by atoms with Crippen molar-refractivity contribution in [2.45, 2.75) is 6.42 Å². The number of ether oxygens (including phenoxy) is 1. The molecule has 2 N–H and O–H groups in total. The molecule has 0 aliphatic rings. The van der Waals surface area contributed by atoms with Gasteiger partial charge in [0.2, 0.25) is 0 Å². The molecular formula is C7H10ClN3O2S. The van der Waals surface area contributed by atoms with Crippen LogP contribution in [0.1, 0.15) is 5.82 Å². The van der Waals surface area contributed by atoms with Crippen molar-refractivity contribution in [3.8, 4) is 0 Å². The standard InChI is InChI=1S/C7H9N3O2S.ClH/c1-2-3-12-6(11)4-5-9-7(8)13-10-5;/h2H,1,3-4H2,(H2,8,9,10);1H. The van der Waals surface area contributed by atoms with Crippen LogP contribution in [0.4, 0.5) is 5.13 Å². The third-order valence-corrected chi connectivity index (χ3v) is 1.73. The Labute approximate surface area is 91.6 Å². The van der Waals surface area contributed by atoms with Crippen LogP contribution < -0.4 is 5.73 Å². The van der Waals surface area contributed by atoms with Crippen LogP contribution >= 0.6 is 23.9 Å². The van der Waals surface area contributed by atoms with Gasteiger partial charge in [0.15, 0.2) is 11.0 Å². The second-order valence-corrected chi connectivity index (χ2v) is 2.98. The maximum absolute atomic E-state index is 11.0. The SMILES string of the molecule is C=CCOC(=O)Cc1nsc(N)n1.Cl. The highest BCUT2D eigenvalue weighted by Crippen LogP contribution is 2.06. The summed E-state index contributed by atoms with van der Waals surface area (Å²) in [5.74, 6) is 0.0225. The van der Waals surface area contributed by atoms with Crippen LogP contribution in [0.5, 0.6) is 0 Å². The van der Waals surface area contributed by atoms with E-state index in [0.717, 1.165) is 11.5 Å². The van der Waals surface area contributed by atoms with Crippen LogP contribution in [-0.2, 0) is 16.0 Å². The van der Waals surface area contributed by atoms with Gasteiger partial charge in [-0.05, 0) is 0 Å². The fourth-order valence-corrected chi connectivity index (χ4v) is 1.12. The summed E-state index contributed by atoms with van der Waals surface area (Å²) in [6, 6.07) is 0. The van der Waals surface area contributed by atoms with Crippen molar-refractivity contribution in [2.24, 2.45) is 0 Å². The highest BCUT2D eigenvalue weighted by molar-refractivity contribution is 7.09. The molecule has 0 spiro atoms. The molecule has 0 aromatic carbocycles. The summed E-state index contributed by atoms with van der Waals surface area (Å²) in [5.41, 5.74) is 5.33. The molecule has 78 valence electrons. The largest absolute Gasteiger partial charge is 0.461 e. The minimum atomic E-state index is -0.377. The maximum atomic E-state index is 11.0. The van der Waals surface area contributed by atoms with Crippen molar-refractivity contribution in [1.82, 2.24) is 9.36 Å². The lowest BCUT2D eigenvalue weighted by Gasteiger charge is -1.97. The van der Waals surface area contributed by atoms with E-state index in [9.17, 15) is 4.79 Å². The van der Waals surface area contributed by atoms with E-state index in [4.69, 9.17) is 10.5 Å². The number of hydrogen-bond donors (Lipinski definition) is 1. The molecule has 1 heterocycles. The molecule has 0 aliphatic carbocycles. The van der Waals surface area contributed by atoms with E-state index < -0.39 is 0 Å². The number of carbonyl (C=O) groups excluding carboxylic acids is 1. The second kappa shape index (κ2) is 6.33. The number of anilines is 1. The average Bonchev–Trinajstić information content (AvgIpc) is 2.48. The lowest BCUT2D eigenvalue weighted by atomic mass is 10.4. The summed E-state index contributed by atoms with van der Waals surface area (Å²) in [6.45, 7) is 3.62. The summed E-state index contributed by atoms with van der Waals surface area (Å²) in [6.07, 6.45) is 1.56. The maximum Gasteiger partial charge on any atom is 0.313 e. The minimum Gasteiger partial charge on any atom is -0.461 e. The highest BCUT2D eigenvalue weighted by atomic mass is 35.5. The van der Waals surface area contributed by atoms with Crippen molar-refractivity contribution in [2.75, 3.05) is 12.3 Å². The third-order valence-electron chi connectivity index (χ3n) is 1.15. The van der Waals surface area contributed by atoms with E-state index in [1.807, 2.05) is 0 Å². The molecule has 1 rings (SSSR count). The fraction of sp³-hybridized carbons (Fsp3) is 0.286. The van der Waals surface area contributed by atoms with Crippen LogP contribution in [0.3, 0.4) is 0 Å². The number of halogens is 1. The molecule has 0 saturated carbocycles. The zero-order chi connectivity index (χ0) is 9.68. The molecule has 0 aliphatic heterocycles. The van der Waals surface area contributed by atoms with Crippen molar-refractivity contribution in [3.63, 3.8) is 0 Å². The fourth-order valence-electron chi connectivity index (χ4n) is 0.671. The Bertz CT molecular complexity index is 316. The first-order chi connectivity index (χ1) is 6.22. The third kappa shape index (κ3) is 4.20. The number of nitrogen functional groups attached to an aromatic ring is 1. The van der Waals surface area contributed by atoms with Gasteiger partial charge >= 0.3 is 5.97 Å². The van der Waals surface area contributed by atoms with Crippen molar-refractivity contribution in [1.29, 1.82) is 0 Å². The predicted octanol–water partition coefficient (Wildman–Crippen LogP) is 0.814. The lowest BCUT2D eigenvalue weighted by Crippen LogP contribution is -2.08. The topological polar surface area (TPSA) is 78.1 Å². The molecule has 1 aromatic heterocycles. The zero-order valence-electron chi connectivity index (χ0n) is 7.30. The number of nitrogens with two attached hydrogens (primary N) is 1. The molecule has 0 unspecified atom stereocenters. The monoisotopic (exact) mass is 235 g/mol. The Morgan fingerprint density at radius 2 is 2.43 bits per heavy atom. The van der Waals surface area contributed by atoms with Gasteiger partial charge in [-0.2, -0.15) is 4.37 Å². The number of esters is 1. The second-order valence-electron chi connectivity index (χ2n) is 2.20. The number of rotatable bonds is 4. The first-order valence-corrected chi connectivity index (χ1v) is 4.34. The zero-order valence-corrected chi connectivity index (χ0v) is 8.94. The average molecular weight is 236 g/mol. The molecule has 0 atom stereocenters. The first-order valence-electron chi connectivity index (χ1n) is 3.57. The van der Waals surface area contributed by atoms with Crippen molar-refractivity contribution in [3.05, 3.63) is 18.5 Å². The Kier molecular flexibility index (Phi) is 5.82. The van der Waals surface area contributed by atoms with Gasteiger partial charge in [0.05, 0.1) is 0 Å². The number of nitrogens with zero attached hydrogens (tertiary/aromatic N) is 2. The molecule has 0 saturated heterocycles. The lowest BCUT2D eigenvalue weighted by molar-refractivity contribution is -0.141. The summed E-state index contributed by atoms with van der Waals surface area (Å²) >= 11 is 1.06. The smallest absolute Gasteiger partial charge is 0.313 e. The summed E-state index contributed by atoms with van der Waals surface area (Å²) in [5, 5.41) is 0.353. The van der Waals surface area contributed by atoms with Gasteiger partial charge in [-0.3, -0.25) is 4.79 Å². The molecule has 0 amide bonds. The van der Waals surface area contributed by atoms with Crippen LogP contribution in [0.25, 0.3) is 0 Å². The van der Waals surface area contributed by atoms with Gasteiger partial charge in [-0.15, -0.1) is 12.4 Å². The minimum absolute atomic E-state index is 0. The van der Waals surface area contributed by atoms with Gasteiger partial charge in [-0.1, -0.05) is 12.7 Å². The first kappa shape index (κ1) is 12.9. The van der Waals surface area contributed by atoms with Crippen LogP contribution in [0, 0.1) is 0 Å². The van der Waals surface area contributed by atoms with E-state index >= 15 is 0 Å². The summed E-state index contributed by atoms with van der Waals surface area (Å²) in [7, 11) is 0. The molecule has 0 radical (unpaired) electrons. The summed E-state index contributed by atoms with van der Waals surface area (Å²) < 4.78 is 8.57. The van der Waals surface area contributed by atoms with E-state index in [1.54, 1.807) is 0 Å². The van der Waals surface area contributed by atoms with Gasteiger partial charge in [0, 0.05) is 11.5 Å². The van der Waals surface area contributed by atoms with E-state index in [0.29, 0.717) is 11.0 Å². The molecule has 5 nitrogen and oxygen atoms in total. The van der Waals surface area contributed by atoms with E-state index in [2.05, 4.69) is 15.9 Å². The quantitative estimate of drug-likeness (QED) is 0.617. The Morgan fingerprint density at radius 3 is 2.93 bits per heavy atom. The molecular weight excluding hydrogens is 226 g/mol. The summed E-state index contributed by atoms with van der Waals surface area (Å²) in [4.78, 5) is 14.8. The van der Waals surface area contributed by atoms with Gasteiger partial charge in [-0.25, -0.2) is 4.98 Å². The van der Waals surface area contributed by atoms with E-state index in [-0.39, 0.29) is 31.4 Å². The van der Waals surface area contributed by atoms with Gasteiger partial charge in [0.25, 0.3) is 0 Å². The van der Waals surface area contributed by atoms with Crippen LogP contribution in [0.2, 0.25) is 0 Å². The number of hydrogen-bond acceptors (Lipinski definition) is 6. The van der Waals surface area contributed by atoms with Crippen molar-refractivity contribution >= 4 is 35.0 Å².